The van der Waals surface area contributed by atoms with Crippen LogP contribution in [0, 0.1) is 5.92 Å². The Morgan fingerprint density at radius 2 is 2.07 bits per heavy atom. The molecule has 2 N–H and O–H groups in total. The van der Waals surface area contributed by atoms with Gasteiger partial charge in [-0.15, -0.1) is 0 Å². The van der Waals surface area contributed by atoms with E-state index < -0.39 is 0 Å². The van der Waals surface area contributed by atoms with Crippen molar-refractivity contribution >= 4 is 17.2 Å². The molecule has 1 unspecified atom stereocenters. The molecule has 0 spiro atoms. The van der Waals surface area contributed by atoms with E-state index in [1.807, 2.05) is 0 Å². The predicted molar refractivity (Wildman–Crippen MR) is 64.9 cm³/mol. The van der Waals surface area contributed by atoms with Crippen LogP contribution >= 0.6 is 12.2 Å². The van der Waals surface area contributed by atoms with Crippen LogP contribution in [-0.4, -0.2) is 42.2 Å². The quantitative estimate of drug-likeness (QED) is 0.736. The van der Waals surface area contributed by atoms with Gasteiger partial charge in [-0.1, -0.05) is 12.2 Å². The molecule has 0 aromatic carbocycles. The Balaban J connectivity index is 1.71. The maximum absolute atomic E-state index is 5.66. The zero-order valence-corrected chi connectivity index (χ0v) is 9.97. The summed E-state index contributed by atoms with van der Waals surface area (Å²) in [5.41, 5.74) is 5.66. The van der Waals surface area contributed by atoms with Gasteiger partial charge in [-0.3, -0.25) is 0 Å². The summed E-state index contributed by atoms with van der Waals surface area (Å²) in [5, 5.41) is 0. The fourth-order valence-electron chi connectivity index (χ4n) is 2.48. The number of hydrogen-bond acceptors (Lipinski definition) is 3. The lowest BCUT2D eigenvalue weighted by Crippen LogP contribution is -2.41. The topological polar surface area (TPSA) is 38.5 Å². The van der Waals surface area contributed by atoms with Crippen LogP contribution in [0.2, 0.25) is 0 Å². The van der Waals surface area contributed by atoms with Crippen molar-refractivity contribution < 1.29 is 4.74 Å². The van der Waals surface area contributed by atoms with Crippen LogP contribution in [-0.2, 0) is 4.74 Å². The highest BCUT2D eigenvalue weighted by atomic mass is 32.1. The zero-order chi connectivity index (χ0) is 10.7. The van der Waals surface area contributed by atoms with Crippen molar-refractivity contribution in [3.8, 4) is 0 Å². The Labute approximate surface area is 96.9 Å². The van der Waals surface area contributed by atoms with Crippen LogP contribution in [0.1, 0.15) is 25.7 Å². The average Bonchev–Trinajstić information content (AvgIpc) is 2.71. The molecule has 86 valence electrons. The van der Waals surface area contributed by atoms with Gasteiger partial charge in [-0.2, -0.15) is 0 Å². The maximum Gasteiger partial charge on any atom is 0.0759 e. The summed E-state index contributed by atoms with van der Waals surface area (Å²) in [4.78, 5) is 3.19. The number of likely N-dealkylation sites (tertiary alicyclic amines) is 1. The lowest BCUT2D eigenvalue weighted by atomic mass is 9.96. The molecule has 0 bridgehead atoms. The molecule has 2 saturated heterocycles. The molecule has 3 nitrogen and oxygen atoms in total. The third-order valence-electron chi connectivity index (χ3n) is 3.48. The van der Waals surface area contributed by atoms with Gasteiger partial charge in [0.2, 0.25) is 0 Å². The largest absolute Gasteiger partial charge is 0.393 e. The summed E-state index contributed by atoms with van der Waals surface area (Å²) in [5.74, 6) is 0.473. The van der Waals surface area contributed by atoms with E-state index in [-0.39, 0.29) is 0 Å². The van der Waals surface area contributed by atoms with Gasteiger partial charge in [0, 0.05) is 19.1 Å². The Bertz CT molecular complexity index is 221. The number of ether oxygens (including phenoxy) is 1. The van der Waals surface area contributed by atoms with Crippen molar-refractivity contribution in [2.75, 3.05) is 26.2 Å². The highest BCUT2D eigenvalue weighted by Crippen LogP contribution is 2.20. The van der Waals surface area contributed by atoms with E-state index in [1.165, 1.54) is 12.8 Å². The van der Waals surface area contributed by atoms with E-state index in [1.54, 1.807) is 0 Å². The zero-order valence-electron chi connectivity index (χ0n) is 9.15. The number of hydrogen-bond donors (Lipinski definition) is 1. The van der Waals surface area contributed by atoms with Gasteiger partial charge in [0.15, 0.2) is 0 Å². The summed E-state index contributed by atoms with van der Waals surface area (Å²) in [6.45, 7) is 4.31. The van der Waals surface area contributed by atoms with E-state index in [9.17, 15) is 0 Å². The first-order valence-electron chi connectivity index (χ1n) is 5.89. The lowest BCUT2D eigenvalue weighted by Gasteiger charge is -2.32. The van der Waals surface area contributed by atoms with Crippen LogP contribution in [0.5, 0.6) is 0 Å². The first-order valence-corrected chi connectivity index (χ1v) is 6.30. The van der Waals surface area contributed by atoms with Crippen molar-refractivity contribution in [1.82, 2.24) is 4.90 Å². The first kappa shape index (κ1) is 11.3. The van der Waals surface area contributed by atoms with Crippen molar-refractivity contribution in [1.29, 1.82) is 0 Å². The van der Waals surface area contributed by atoms with Gasteiger partial charge < -0.3 is 15.4 Å². The fourth-order valence-corrected chi connectivity index (χ4v) is 2.71. The van der Waals surface area contributed by atoms with Crippen LogP contribution in [0.25, 0.3) is 0 Å². The molecule has 0 radical (unpaired) electrons. The average molecular weight is 228 g/mol. The third kappa shape index (κ3) is 3.13. The highest BCUT2D eigenvalue weighted by Gasteiger charge is 2.24. The number of rotatable bonds is 3. The Morgan fingerprint density at radius 3 is 2.60 bits per heavy atom. The monoisotopic (exact) mass is 228 g/mol. The van der Waals surface area contributed by atoms with Crippen molar-refractivity contribution in [3.63, 3.8) is 0 Å². The second-order valence-electron chi connectivity index (χ2n) is 4.61. The van der Waals surface area contributed by atoms with E-state index in [2.05, 4.69) is 4.90 Å². The summed E-state index contributed by atoms with van der Waals surface area (Å²) >= 11 is 5.03. The van der Waals surface area contributed by atoms with E-state index >= 15 is 0 Å². The second kappa shape index (κ2) is 5.23. The minimum absolute atomic E-state index is 0.473. The molecule has 0 aromatic heterocycles. The number of nitrogens with zero attached hydrogens (tertiary/aromatic N) is 1. The Kier molecular flexibility index (Phi) is 3.94. The Hall–Kier alpha value is -0.190. The van der Waals surface area contributed by atoms with Gasteiger partial charge in [0.1, 0.15) is 0 Å². The van der Waals surface area contributed by atoms with Crippen LogP contribution in [0.4, 0.5) is 0 Å². The summed E-state index contributed by atoms with van der Waals surface area (Å²) < 4.78 is 5.64. The molecular weight excluding hydrogens is 208 g/mol. The van der Waals surface area contributed by atoms with Gasteiger partial charge in [0.05, 0.1) is 11.1 Å². The van der Waals surface area contributed by atoms with E-state index in [0.29, 0.717) is 17.0 Å². The van der Waals surface area contributed by atoms with Crippen molar-refractivity contribution in [2.24, 2.45) is 11.7 Å². The molecule has 4 heteroatoms. The SMILES string of the molecule is NC(=S)C1CCN(CC2CCCO2)CC1. The molecule has 2 aliphatic rings. The molecule has 0 aliphatic carbocycles. The number of nitrogens with two attached hydrogens (primary N) is 1. The number of piperidine rings is 1. The fraction of sp³-hybridized carbons (Fsp3) is 0.909. The molecule has 1 atom stereocenters. The molecule has 2 aliphatic heterocycles. The molecule has 0 saturated carbocycles. The van der Waals surface area contributed by atoms with Gasteiger partial charge in [-0.25, -0.2) is 0 Å². The minimum Gasteiger partial charge on any atom is -0.393 e. The third-order valence-corrected chi connectivity index (χ3v) is 3.81. The smallest absolute Gasteiger partial charge is 0.0759 e. The summed E-state index contributed by atoms with van der Waals surface area (Å²) in [6.07, 6.45) is 5.19. The molecule has 2 rings (SSSR count). The predicted octanol–water partition coefficient (Wildman–Crippen LogP) is 1.16. The Morgan fingerprint density at radius 1 is 1.33 bits per heavy atom. The van der Waals surface area contributed by atoms with Gasteiger partial charge in [-0.05, 0) is 38.8 Å². The van der Waals surface area contributed by atoms with Crippen LogP contribution in [0.15, 0.2) is 0 Å². The summed E-state index contributed by atoms with van der Waals surface area (Å²) in [7, 11) is 0. The molecular formula is C11H20N2OS. The molecule has 15 heavy (non-hydrogen) atoms. The van der Waals surface area contributed by atoms with Crippen LogP contribution in [0.3, 0.4) is 0 Å². The van der Waals surface area contributed by atoms with Crippen LogP contribution < -0.4 is 5.73 Å². The summed E-state index contributed by atoms with van der Waals surface area (Å²) in [6, 6.07) is 0. The van der Waals surface area contributed by atoms with Crippen molar-refractivity contribution in [2.45, 2.75) is 31.8 Å². The molecule has 0 amide bonds. The van der Waals surface area contributed by atoms with E-state index in [4.69, 9.17) is 22.7 Å². The normalized spacial score (nSPS) is 29.5. The number of thiocarbonyl (C=S) groups is 1. The first-order chi connectivity index (χ1) is 7.25. The van der Waals surface area contributed by atoms with Crippen molar-refractivity contribution in [3.05, 3.63) is 0 Å². The van der Waals surface area contributed by atoms with E-state index in [0.717, 1.165) is 39.1 Å². The van der Waals surface area contributed by atoms with Gasteiger partial charge >= 0.3 is 0 Å². The molecule has 2 fully saturated rings. The maximum atomic E-state index is 5.66. The highest BCUT2D eigenvalue weighted by molar-refractivity contribution is 7.80. The molecule has 2 heterocycles. The molecule has 0 aromatic rings. The van der Waals surface area contributed by atoms with Gasteiger partial charge in [0.25, 0.3) is 0 Å². The lowest BCUT2D eigenvalue weighted by molar-refractivity contribution is 0.0638. The standard InChI is InChI=1S/C11H20N2OS/c12-11(15)9-3-5-13(6-4-9)8-10-2-1-7-14-10/h9-10H,1-8H2,(H2,12,15). The second-order valence-corrected chi connectivity index (χ2v) is 5.08. The minimum atomic E-state index is 0.473.